The molecule has 2 rings (SSSR count). The lowest BCUT2D eigenvalue weighted by Gasteiger charge is -2.26. The quantitative estimate of drug-likeness (QED) is 0.680. The maximum absolute atomic E-state index is 11.7. The number of morpholine rings is 1. The van der Waals surface area contributed by atoms with Gasteiger partial charge >= 0.3 is 5.97 Å². The van der Waals surface area contributed by atoms with Gasteiger partial charge in [0.25, 0.3) is 0 Å². The Hall–Kier alpha value is -1.93. The van der Waals surface area contributed by atoms with Gasteiger partial charge in [-0.3, -0.25) is 14.8 Å². The van der Waals surface area contributed by atoms with Gasteiger partial charge in [0.1, 0.15) is 11.4 Å². The molecule has 0 aromatic carbocycles. The van der Waals surface area contributed by atoms with E-state index in [2.05, 4.69) is 20.4 Å². The van der Waals surface area contributed by atoms with Crippen LogP contribution >= 0.6 is 0 Å². The molecule has 1 aliphatic heterocycles. The Kier molecular flexibility index (Phi) is 4.48. The molecule has 1 aromatic heterocycles. The minimum absolute atomic E-state index is 0.0419. The topological polar surface area (TPSA) is 108 Å². The monoisotopic (exact) mass is 268 g/mol. The molecule has 0 unspecified atom stereocenters. The molecule has 1 aromatic rings. The number of carbonyl (C=O) groups excluding carboxylic acids is 1. The smallest absolute Gasteiger partial charge is 0.341 e. The number of nitrogens with one attached hydrogen (secondary N) is 2. The molecule has 0 saturated carbocycles. The van der Waals surface area contributed by atoms with Gasteiger partial charge in [-0.1, -0.05) is 0 Å². The molecule has 8 heteroatoms. The highest BCUT2D eigenvalue weighted by molar-refractivity contribution is 5.99. The van der Waals surface area contributed by atoms with Gasteiger partial charge < -0.3 is 15.2 Å². The van der Waals surface area contributed by atoms with Crippen molar-refractivity contribution in [2.75, 3.05) is 38.2 Å². The molecule has 3 N–H and O–H groups in total. The summed E-state index contributed by atoms with van der Waals surface area (Å²) in [6, 6.07) is 0. The van der Waals surface area contributed by atoms with Crippen LogP contribution in [0, 0.1) is 0 Å². The molecular formula is C11H16N4O4. The lowest BCUT2D eigenvalue weighted by Crippen LogP contribution is -2.38. The number of anilines is 1. The SMILES string of the molecule is O=C(CCN1CCOCC1)Nc1[nH]ncc1C(=O)O. The van der Waals surface area contributed by atoms with Gasteiger partial charge in [0.2, 0.25) is 5.91 Å². The number of aromatic carboxylic acids is 1. The summed E-state index contributed by atoms with van der Waals surface area (Å²) in [5.41, 5.74) is -0.0419. The van der Waals surface area contributed by atoms with Crippen molar-refractivity contribution in [2.24, 2.45) is 0 Å². The first-order valence-electron chi connectivity index (χ1n) is 6.03. The van der Waals surface area contributed by atoms with Crippen LogP contribution in [0.25, 0.3) is 0 Å². The second kappa shape index (κ2) is 6.30. The Morgan fingerprint density at radius 2 is 2.21 bits per heavy atom. The lowest BCUT2D eigenvalue weighted by atomic mass is 10.3. The number of hydrogen-bond donors (Lipinski definition) is 3. The number of rotatable bonds is 5. The number of carbonyl (C=O) groups is 2. The highest BCUT2D eigenvalue weighted by atomic mass is 16.5. The van der Waals surface area contributed by atoms with Crippen molar-refractivity contribution in [3.63, 3.8) is 0 Å². The molecule has 0 radical (unpaired) electrons. The van der Waals surface area contributed by atoms with Crippen molar-refractivity contribution in [3.05, 3.63) is 11.8 Å². The van der Waals surface area contributed by atoms with E-state index in [1.165, 1.54) is 6.20 Å². The summed E-state index contributed by atoms with van der Waals surface area (Å²) < 4.78 is 5.21. The average molecular weight is 268 g/mol. The maximum Gasteiger partial charge on any atom is 0.341 e. The number of amides is 1. The van der Waals surface area contributed by atoms with Gasteiger partial charge in [-0.15, -0.1) is 0 Å². The maximum atomic E-state index is 11.7. The third kappa shape index (κ3) is 3.76. The van der Waals surface area contributed by atoms with Crippen molar-refractivity contribution in [3.8, 4) is 0 Å². The Bertz CT molecular complexity index is 453. The summed E-state index contributed by atoms with van der Waals surface area (Å²) in [7, 11) is 0. The molecule has 1 saturated heterocycles. The van der Waals surface area contributed by atoms with Crippen molar-refractivity contribution in [2.45, 2.75) is 6.42 Å². The van der Waals surface area contributed by atoms with E-state index in [1.54, 1.807) is 0 Å². The number of hydrogen-bond acceptors (Lipinski definition) is 5. The molecule has 1 aliphatic rings. The van der Waals surface area contributed by atoms with Crippen LogP contribution in [0.4, 0.5) is 5.82 Å². The van der Waals surface area contributed by atoms with Crippen molar-refractivity contribution in [1.29, 1.82) is 0 Å². The minimum Gasteiger partial charge on any atom is -0.477 e. The highest BCUT2D eigenvalue weighted by Crippen LogP contribution is 2.11. The molecule has 0 atom stereocenters. The van der Waals surface area contributed by atoms with Gasteiger partial charge in [0, 0.05) is 26.1 Å². The van der Waals surface area contributed by atoms with Gasteiger partial charge in [-0.25, -0.2) is 4.79 Å². The zero-order valence-electron chi connectivity index (χ0n) is 10.4. The molecule has 104 valence electrons. The van der Waals surface area contributed by atoms with Crippen LogP contribution in [-0.2, 0) is 9.53 Å². The van der Waals surface area contributed by atoms with Crippen LogP contribution in [0.2, 0.25) is 0 Å². The standard InChI is InChI=1S/C11H16N4O4/c16-9(1-2-15-3-5-19-6-4-15)13-10-8(11(17)18)7-12-14-10/h7H,1-6H2,(H,17,18)(H2,12,13,14,16). The average Bonchev–Trinajstić information content (AvgIpc) is 2.86. The number of aromatic amines is 1. The number of carboxylic acid groups (broad SMARTS) is 1. The van der Waals surface area contributed by atoms with Gasteiger partial charge in [0.15, 0.2) is 0 Å². The molecule has 1 fully saturated rings. The molecule has 1 amide bonds. The summed E-state index contributed by atoms with van der Waals surface area (Å²) in [5.74, 6) is -1.24. The van der Waals surface area contributed by atoms with Crippen LogP contribution in [0.5, 0.6) is 0 Å². The molecule has 0 spiro atoms. The van der Waals surface area contributed by atoms with Gasteiger partial charge in [-0.05, 0) is 0 Å². The Morgan fingerprint density at radius 3 is 2.89 bits per heavy atom. The molecule has 2 heterocycles. The number of H-pyrrole nitrogens is 1. The molecule has 8 nitrogen and oxygen atoms in total. The second-order valence-corrected chi connectivity index (χ2v) is 4.22. The van der Waals surface area contributed by atoms with E-state index < -0.39 is 5.97 Å². The van der Waals surface area contributed by atoms with Crippen molar-refractivity contribution < 1.29 is 19.4 Å². The summed E-state index contributed by atoms with van der Waals surface area (Å²) in [5, 5.41) is 17.4. The molecule has 0 bridgehead atoms. The number of nitrogens with zero attached hydrogens (tertiary/aromatic N) is 2. The Balaban J connectivity index is 1.80. The molecule has 0 aliphatic carbocycles. The second-order valence-electron chi connectivity index (χ2n) is 4.22. The van der Waals surface area contributed by atoms with Gasteiger partial charge in [0.05, 0.1) is 19.4 Å². The van der Waals surface area contributed by atoms with Crippen molar-refractivity contribution in [1.82, 2.24) is 15.1 Å². The number of carboxylic acids is 1. The van der Waals surface area contributed by atoms with Crippen LogP contribution in [-0.4, -0.2) is 64.9 Å². The van der Waals surface area contributed by atoms with Crippen LogP contribution < -0.4 is 5.32 Å². The fourth-order valence-corrected chi connectivity index (χ4v) is 1.83. The van der Waals surface area contributed by atoms with E-state index >= 15 is 0 Å². The summed E-state index contributed by atoms with van der Waals surface area (Å²) in [4.78, 5) is 24.7. The summed E-state index contributed by atoms with van der Waals surface area (Å²) in [6.07, 6.45) is 1.47. The third-order valence-corrected chi connectivity index (χ3v) is 2.89. The predicted molar refractivity (Wildman–Crippen MR) is 66.1 cm³/mol. The van der Waals surface area contributed by atoms with E-state index in [0.29, 0.717) is 26.2 Å². The first-order valence-corrected chi connectivity index (χ1v) is 6.03. The lowest BCUT2D eigenvalue weighted by molar-refractivity contribution is -0.116. The van der Waals surface area contributed by atoms with Crippen molar-refractivity contribution >= 4 is 17.7 Å². The zero-order valence-corrected chi connectivity index (χ0v) is 10.4. The third-order valence-electron chi connectivity index (χ3n) is 2.89. The Labute approximate surface area is 109 Å². The fraction of sp³-hybridized carbons (Fsp3) is 0.545. The van der Waals surface area contributed by atoms with Crippen LogP contribution in [0.3, 0.4) is 0 Å². The fourth-order valence-electron chi connectivity index (χ4n) is 1.83. The Morgan fingerprint density at radius 1 is 1.47 bits per heavy atom. The van der Waals surface area contributed by atoms with Gasteiger partial charge in [-0.2, -0.15) is 5.10 Å². The summed E-state index contributed by atoms with van der Waals surface area (Å²) in [6.45, 7) is 3.64. The van der Waals surface area contributed by atoms with E-state index in [9.17, 15) is 9.59 Å². The van der Waals surface area contributed by atoms with E-state index in [4.69, 9.17) is 9.84 Å². The normalized spacial score (nSPS) is 16.2. The van der Waals surface area contributed by atoms with E-state index in [1.807, 2.05) is 0 Å². The first-order chi connectivity index (χ1) is 9.16. The molecular weight excluding hydrogens is 252 g/mol. The zero-order chi connectivity index (χ0) is 13.7. The van der Waals surface area contributed by atoms with Crippen LogP contribution in [0.15, 0.2) is 6.20 Å². The number of ether oxygens (including phenoxy) is 1. The first kappa shape index (κ1) is 13.5. The molecule has 19 heavy (non-hydrogen) atoms. The van der Waals surface area contributed by atoms with Crippen LogP contribution in [0.1, 0.15) is 16.8 Å². The highest BCUT2D eigenvalue weighted by Gasteiger charge is 2.16. The van der Waals surface area contributed by atoms with E-state index in [-0.39, 0.29) is 17.3 Å². The minimum atomic E-state index is -1.13. The van der Waals surface area contributed by atoms with E-state index in [0.717, 1.165) is 13.1 Å². The largest absolute Gasteiger partial charge is 0.477 e. The summed E-state index contributed by atoms with van der Waals surface area (Å²) >= 11 is 0. The predicted octanol–water partition coefficient (Wildman–Crippen LogP) is -0.231. The number of aromatic nitrogens is 2.